The lowest BCUT2D eigenvalue weighted by Gasteiger charge is -2.07. The van der Waals surface area contributed by atoms with Gasteiger partial charge in [-0.15, -0.1) is 0 Å². The van der Waals surface area contributed by atoms with E-state index in [1.54, 1.807) is 30.3 Å². The van der Waals surface area contributed by atoms with Crippen LogP contribution in [-0.2, 0) is 0 Å². The van der Waals surface area contributed by atoms with Crippen molar-refractivity contribution >= 4 is 41.1 Å². The highest BCUT2D eigenvalue weighted by molar-refractivity contribution is 6.35. The van der Waals surface area contributed by atoms with Crippen molar-refractivity contribution in [3.8, 4) is 11.5 Å². The van der Waals surface area contributed by atoms with Gasteiger partial charge in [0.25, 0.3) is 0 Å². The normalized spacial score (nSPS) is 14.2. The molecular formula is C25H18Cl2O3. The van der Waals surface area contributed by atoms with Crippen LogP contribution >= 0.6 is 23.2 Å². The molecule has 0 aromatic heterocycles. The molecule has 5 heteroatoms. The average molecular weight is 437 g/mol. The number of Topliss-reactive ketones (excluding diaryl/α,β-unsaturated/α-hetero) is 1. The minimum atomic E-state index is -0.177. The van der Waals surface area contributed by atoms with Gasteiger partial charge in [-0.1, -0.05) is 65.7 Å². The van der Waals surface area contributed by atoms with Crippen LogP contribution in [0, 0.1) is 6.92 Å². The van der Waals surface area contributed by atoms with E-state index < -0.39 is 0 Å². The second kappa shape index (κ2) is 8.78. The molecule has 3 nitrogen and oxygen atoms in total. The van der Waals surface area contributed by atoms with Gasteiger partial charge in [-0.25, -0.2) is 0 Å². The van der Waals surface area contributed by atoms with Gasteiger partial charge in [-0.3, -0.25) is 4.79 Å². The van der Waals surface area contributed by atoms with Gasteiger partial charge in [0, 0.05) is 16.1 Å². The number of ether oxygens (including phenoxy) is 2. The highest BCUT2D eigenvalue weighted by Gasteiger charge is 2.30. The van der Waals surface area contributed by atoms with Crippen LogP contribution in [0.5, 0.6) is 11.5 Å². The number of carbonyl (C=O) groups is 1. The molecule has 0 radical (unpaired) electrons. The zero-order valence-electron chi connectivity index (χ0n) is 16.2. The van der Waals surface area contributed by atoms with Crippen LogP contribution in [0.2, 0.25) is 10.0 Å². The first kappa shape index (κ1) is 20.3. The van der Waals surface area contributed by atoms with Crippen molar-refractivity contribution < 1.29 is 14.3 Å². The molecule has 1 heterocycles. The predicted octanol–water partition coefficient (Wildman–Crippen LogP) is 7.01. The lowest BCUT2D eigenvalue weighted by atomic mass is 10.0. The molecule has 0 N–H and O–H groups in total. The third-order valence-electron chi connectivity index (χ3n) is 4.65. The zero-order valence-corrected chi connectivity index (χ0v) is 17.7. The van der Waals surface area contributed by atoms with Crippen molar-refractivity contribution in [3.63, 3.8) is 0 Å². The summed E-state index contributed by atoms with van der Waals surface area (Å²) in [4.78, 5) is 12.8. The van der Waals surface area contributed by atoms with E-state index in [9.17, 15) is 4.79 Å². The molecule has 4 rings (SSSR count). The number of allylic oxidation sites excluding steroid dienone is 1. The second-order valence-electron chi connectivity index (χ2n) is 6.84. The van der Waals surface area contributed by atoms with Gasteiger partial charge in [-0.05, 0) is 54.0 Å². The van der Waals surface area contributed by atoms with Gasteiger partial charge in [0.05, 0.1) is 5.56 Å². The van der Waals surface area contributed by atoms with Crippen molar-refractivity contribution in [1.29, 1.82) is 0 Å². The van der Waals surface area contributed by atoms with E-state index >= 15 is 0 Å². The van der Waals surface area contributed by atoms with Gasteiger partial charge >= 0.3 is 0 Å². The lowest BCUT2D eigenvalue weighted by Crippen LogP contribution is -2.00. The Bertz CT molecular complexity index is 1160. The number of hydrogen-bond donors (Lipinski definition) is 0. The number of benzene rings is 3. The Morgan fingerprint density at radius 1 is 1.03 bits per heavy atom. The lowest BCUT2D eigenvalue weighted by molar-refractivity contribution is 0.101. The van der Waals surface area contributed by atoms with E-state index in [-0.39, 0.29) is 11.5 Å². The molecule has 3 aromatic rings. The number of halogens is 2. The molecule has 0 saturated heterocycles. The van der Waals surface area contributed by atoms with Crippen LogP contribution in [0.15, 0.2) is 72.5 Å². The van der Waals surface area contributed by atoms with Crippen molar-refractivity contribution in [2.24, 2.45) is 0 Å². The zero-order chi connectivity index (χ0) is 21.1. The molecule has 1 aliphatic rings. The largest absolute Gasteiger partial charge is 0.489 e. The highest BCUT2D eigenvalue weighted by atomic mass is 35.5. The van der Waals surface area contributed by atoms with E-state index in [1.807, 2.05) is 55.5 Å². The number of hydrogen-bond acceptors (Lipinski definition) is 3. The molecule has 3 aromatic carbocycles. The molecule has 30 heavy (non-hydrogen) atoms. The quantitative estimate of drug-likeness (QED) is 0.403. The molecule has 0 aliphatic carbocycles. The monoisotopic (exact) mass is 436 g/mol. The number of carbonyl (C=O) groups excluding carboxylic acids is 1. The second-order valence-corrected chi connectivity index (χ2v) is 7.69. The standard InChI is InChI=1S/C25H18Cl2O3/c1-16-12-20(29-11-5-8-17-6-3-2-4-7-17)15-22-24(16)25(28)23(30-22)13-18-9-10-19(26)14-21(18)27/h2-10,12-15H,11H2,1H3/b8-5+,23-13-. The summed E-state index contributed by atoms with van der Waals surface area (Å²) in [5.74, 6) is 1.17. The van der Waals surface area contributed by atoms with Crippen LogP contribution < -0.4 is 9.47 Å². The van der Waals surface area contributed by atoms with Crippen molar-refractivity contribution in [1.82, 2.24) is 0 Å². The molecule has 0 saturated carbocycles. The maximum absolute atomic E-state index is 12.8. The van der Waals surface area contributed by atoms with Crippen LogP contribution in [0.4, 0.5) is 0 Å². The Balaban J connectivity index is 1.51. The fourth-order valence-electron chi connectivity index (χ4n) is 3.21. The van der Waals surface area contributed by atoms with Gasteiger partial charge in [0.2, 0.25) is 5.78 Å². The first-order chi connectivity index (χ1) is 14.5. The highest BCUT2D eigenvalue weighted by Crippen LogP contribution is 2.38. The Labute approximate surface area is 185 Å². The first-order valence-corrected chi connectivity index (χ1v) is 10.2. The summed E-state index contributed by atoms with van der Waals surface area (Å²) in [6, 6.07) is 18.7. The smallest absolute Gasteiger partial charge is 0.232 e. The summed E-state index contributed by atoms with van der Waals surface area (Å²) in [6.45, 7) is 2.27. The van der Waals surface area contributed by atoms with E-state index in [0.29, 0.717) is 39.3 Å². The summed E-state index contributed by atoms with van der Waals surface area (Å²) in [5.41, 5.74) is 3.11. The van der Waals surface area contributed by atoms with Gasteiger partial charge in [0.1, 0.15) is 18.1 Å². The van der Waals surface area contributed by atoms with Crippen LogP contribution in [0.25, 0.3) is 12.2 Å². The van der Waals surface area contributed by atoms with E-state index in [0.717, 1.165) is 11.1 Å². The van der Waals surface area contributed by atoms with Crippen LogP contribution in [0.1, 0.15) is 27.0 Å². The molecule has 0 fully saturated rings. The summed E-state index contributed by atoms with van der Waals surface area (Å²) < 4.78 is 11.6. The van der Waals surface area contributed by atoms with Crippen molar-refractivity contribution in [3.05, 3.63) is 105 Å². The summed E-state index contributed by atoms with van der Waals surface area (Å²) in [5, 5.41) is 0.983. The summed E-state index contributed by atoms with van der Waals surface area (Å²) in [6.07, 6.45) is 5.57. The maximum Gasteiger partial charge on any atom is 0.232 e. The summed E-state index contributed by atoms with van der Waals surface area (Å²) in [7, 11) is 0. The third-order valence-corrected chi connectivity index (χ3v) is 5.21. The fourth-order valence-corrected chi connectivity index (χ4v) is 3.68. The van der Waals surface area contributed by atoms with Gasteiger partial charge in [-0.2, -0.15) is 0 Å². The molecular weight excluding hydrogens is 419 g/mol. The SMILES string of the molecule is Cc1cc(OC/C=C/c2ccccc2)cc2c1C(=O)/C(=C/c1ccc(Cl)cc1Cl)O2. The van der Waals surface area contributed by atoms with Crippen LogP contribution in [0.3, 0.4) is 0 Å². The van der Waals surface area contributed by atoms with E-state index in [1.165, 1.54) is 0 Å². The molecule has 150 valence electrons. The van der Waals surface area contributed by atoms with E-state index in [4.69, 9.17) is 32.7 Å². The minimum Gasteiger partial charge on any atom is -0.489 e. The Morgan fingerprint density at radius 3 is 2.60 bits per heavy atom. The van der Waals surface area contributed by atoms with Crippen LogP contribution in [-0.4, -0.2) is 12.4 Å². The van der Waals surface area contributed by atoms with E-state index in [2.05, 4.69) is 0 Å². The number of fused-ring (bicyclic) bond motifs is 1. The molecule has 0 unspecified atom stereocenters. The predicted molar refractivity (Wildman–Crippen MR) is 122 cm³/mol. The van der Waals surface area contributed by atoms with Crippen molar-refractivity contribution in [2.45, 2.75) is 6.92 Å². The number of ketones is 1. The third kappa shape index (κ3) is 4.43. The average Bonchev–Trinajstić information content (AvgIpc) is 3.04. The Morgan fingerprint density at radius 2 is 1.83 bits per heavy atom. The van der Waals surface area contributed by atoms with Gasteiger partial charge in [0.15, 0.2) is 5.76 Å². The maximum atomic E-state index is 12.8. The molecule has 0 spiro atoms. The van der Waals surface area contributed by atoms with Crippen molar-refractivity contribution in [2.75, 3.05) is 6.61 Å². The molecule has 1 aliphatic heterocycles. The fraction of sp³-hybridized carbons (Fsp3) is 0.0800. The van der Waals surface area contributed by atoms with Gasteiger partial charge < -0.3 is 9.47 Å². The number of rotatable bonds is 5. The molecule has 0 bridgehead atoms. The summed E-state index contributed by atoms with van der Waals surface area (Å²) >= 11 is 12.2. The molecule has 0 atom stereocenters. The minimum absolute atomic E-state index is 0.177. The molecule has 0 amide bonds. The number of aryl methyl sites for hydroxylation is 1. The topological polar surface area (TPSA) is 35.5 Å². The first-order valence-electron chi connectivity index (χ1n) is 9.39. The Hall–Kier alpha value is -3.01. The Kier molecular flexibility index (Phi) is 5.93.